The van der Waals surface area contributed by atoms with Crippen LogP contribution in [0.2, 0.25) is 0 Å². The minimum Gasteiger partial charge on any atom is -0.399 e. The Morgan fingerprint density at radius 2 is 2.20 bits per heavy atom. The van der Waals surface area contributed by atoms with E-state index in [1.165, 1.54) is 0 Å². The topological polar surface area (TPSA) is 42.1 Å². The second kappa shape index (κ2) is 5.71. The van der Waals surface area contributed by atoms with E-state index >= 15 is 0 Å². The molecule has 0 bridgehead atoms. The molecule has 0 radical (unpaired) electrons. The minimum atomic E-state index is 0.596. The molecule has 1 heterocycles. The monoisotopic (exact) mass is 207 g/mol. The molecule has 1 unspecified atom stereocenters. The molecule has 1 atom stereocenters. The van der Waals surface area contributed by atoms with Gasteiger partial charge < -0.3 is 5.73 Å². The molecule has 0 aliphatic heterocycles. The first-order chi connectivity index (χ1) is 7.17. The van der Waals surface area contributed by atoms with Gasteiger partial charge in [-0.05, 0) is 32.0 Å². The number of nitrogen functional groups attached to an aromatic ring is 1. The van der Waals surface area contributed by atoms with Gasteiger partial charge >= 0.3 is 0 Å². The zero-order valence-corrected chi connectivity index (χ0v) is 9.90. The van der Waals surface area contributed by atoms with Gasteiger partial charge in [0.15, 0.2) is 0 Å². The quantitative estimate of drug-likeness (QED) is 0.805. The molecule has 15 heavy (non-hydrogen) atoms. The van der Waals surface area contributed by atoms with Crippen LogP contribution in [0, 0.1) is 0 Å². The fourth-order valence-corrected chi connectivity index (χ4v) is 1.63. The van der Waals surface area contributed by atoms with Crippen molar-refractivity contribution in [1.29, 1.82) is 0 Å². The predicted octanol–water partition coefficient (Wildman–Crippen LogP) is 2.28. The molecule has 84 valence electrons. The highest BCUT2D eigenvalue weighted by molar-refractivity contribution is 5.37. The smallest absolute Gasteiger partial charge is 0.0564 e. The van der Waals surface area contributed by atoms with Crippen molar-refractivity contribution in [2.45, 2.75) is 39.8 Å². The molecule has 0 aromatic carbocycles. The maximum Gasteiger partial charge on any atom is 0.0564 e. The average Bonchev–Trinajstić information content (AvgIpc) is 2.25. The van der Waals surface area contributed by atoms with E-state index in [0.29, 0.717) is 6.04 Å². The molecule has 0 saturated heterocycles. The summed E-state index contributed by atoms with van der Waals surface area (Å²) in [5.41, 5.74) is 7.57. The van der Waals surface area contributed by atoms with Crippen molar-refractivity contribution in [2.24, 2.45) is 0 Å². The molecule has 1 rings (SSSR count). The first kappa shape index (κ1) is 12.0. The van der Waals surface area contributed by atoms with Gasteiger partial charge in [0.1, 0.15) is 0 Å². The molecule has 3 nitrogen and oxygen atoms in total. The van der Waals surface area contributed by atoms with E-state index in [1.54, 1.807) is 6.20 Å². The molecule has 0 aliphatic carbocycles. The second-order valence-electron chi connectivity index (χ2n) is 3.90. The first-order valence-electron chi connectivity index (χ1n) is 5.61. The van der Waals surface area contributed by atoms with Crippen molar-refractivity contribution in [3.8, 4) is 0 Å². The van der Waals surface area contributed by atoms with Crippen molar-refractivity contribution in [1.82, 2.24) is 9.88 Å². The van der Waals surface area contributed by atoms with Crippen LogP contribution in [0.1, 0.15) is 32.9 Å². The van der Waals surface area contributed by atoms with Gasteiger partial charge in [-0.25, -0.2) is 0 Å². The lowest BCUT2D eigenvalue weighted by molar-refractivity contribution is 0.204. The number of aromatic nitrogens is 1. The maximum atomic E-state index is 5.73. The Balaban J connectivity index is 2.66. The van der Waals surface area contributed by atoms with E-state index in [0.717, 1.165) is 30.9 Å². The van der Waals surface area contributed by atoms with Gasteiger partial charge in [0, 0.05) is 24.5 Å². The van der Waals surface area contributed by atoms with Gasteiger partial charge in [0.2, 0.25) is 0 Å². The summed E-state index contributed by atoms with van der Waals surface area (Å²) in [6.45, 7) is 8.57. The number of nitrogens with two attached hydrogens (primary N) is 1. The molecular formula is C12H21N3. The second-order valence-corrected chi connectivity index (χ2v) is 3.90. The van der Waals surface area contributed by atoms with Crippen LogP contribution in [-0.2, 0) is 6.54 Å². The van der Waals surface area contributed by atoms with Gasteiger partial charge in [-0.2, -0.15) is 0 Å². The Morgan fingerprint density at radius 1 is 1.47 bits per heavy atom. The summed E-state index contributed by atoms with van der Waals surface area (Å²) in [6, 6.07) is 4.37. The summed E-state index contributed by atoms with van der Waals surface area (Å²) in [6.07, 6.45) is 2.94. The molecule has 0 fully saturated rings. The van der Waals surface area contributed by atoms with E-state index in [2.05, 4.69) is 30.7 Å². The van der Waals surface area contributed by atoms with Crippen molar-refractivity contribution in [3.63, 3.8) is 0 Å². The molecule has 1 aromatic rings. The Labute approximate surface area is 92.3 Å². The summed E-state index contributed by atoms with van der Waals surface area (Å²) < 4.78 is 0. The third-order valence-corrected chi connectivity index (χ3v) is 2.83. The van der Waals surface area contributed by atoms with Crippen LogP contribution in [0.4, 0.5) is 5.69 Å². The summed E-state index contributed by atoms with van der Waals surface area (Å²) >= 11 is 0. The third kappa shape index (κ3) is 3.51. The summed E-state index contributed by atoms with van der Waals surface area (Å²) in [5, 5.41) is 0. The molecule has 2 N–H and O–H groups in total. The lowest BCUT2D eigenvalue weighted by Crippen LogP contribution is -2.32. The fraction of sp³-hybridized carbons (Fsp3) is 0.583. The van der Waals surface area contributed by atoms with Crippen LogP contribution in [0.3, 0.4) is 0 Å². The minimum absolute atomic E-state index is 0.596. The first-order valence-corrected chi connectivity index (χ1v) is 5.61. The lowest BCUT2D eigenvalue weighted by atomic mass is 10.2. The maximum absolute atomic E-state index is 5.73. The van der Waals surface area contributed by atoms with Gasteiger partial charge in [-0.3, -0.25) is 9.88 Å². The largest absolute Gasteiger partial charge is 0.399 e. The Hall–Kier alpha value is -1.09. The number of hydrogen-bond donors (Lipinski definition) is 1. The van der Waals surface area contributed by atoms with Crippen LogP contribution in [0.15, 0.2) is 18.3 Å². The van der Waals surface area contributed by atoms with Crippen LogP contribution in [0.5, 0.6) is 0 Å². The highest BCUT2D eigenvalue weighted by Crippen LogP contribution is 2.10. The van der Waals surface area contributed by atoms with Gasteiger partial charge in [-0.1, -0.05) is 13.8 Å². The predicted molar refractivity (Wildman–Crippen MR) is 64.5 cm³/mol. The number of nitrogens with zero attached hydrogens (tertiary/aromatic N) is 2. The molecule has 1 aromatic heterocycles. The van der Waals surface area contributed by atoms with Crippen LogP contribution in [-0.4, -0.2) is 22.5 Å². The molecule has 0 spiro atoms. The van der Waals surface area contributed by atoms with Crippen molar-refractivity contribution < 1.29 is 0 Å². The number of hydrogen-bond acceptors (Lipinski definition) is 3. The lowest BCUT2D eigenvalue weighted by Gasteiger charge is -2.26. The normalized spacial score (nSPS) is 13.1. The van der Waals surface area contributed by atoms with Crippen LogP contribution >= 0.6 is 0 Å². The number of pyridine rings is 1. The Kier molecular flexibility index (Phi) is 4.56. The molecular weight excluding hydrogens is 186 g/mol. The third-order valence-electron chi connectivity index (χ3n) is 2.83. The molecule has 0 saturated carbocycles. The summed E-state index contributed by atoms with van der Waals surface area (Å²) in [7, 11) is 0. The van der Waals surface area contributed by atoms with Gasteiger partial charge in [0.05, 0.1) is 5.69 Å². The van der Waals surface area contributed by atoms with Gasteiger partial charge in [0.25, 0.3) is 0 Å². The number of anilines is 1. The van der Waals surface area contributed by atoms with E-state index in [4.69, 9.17) is 5.73 Å². The standard InChI is InChI=1S/C12H21N3/c1-4-10(3)15(5-2)9-12-8-11(13)6-7-14-12/h6-8,10H,4-5,9H2,1-3H3,(H2,13,14). The summed E-state index contributed by atoms with van der Waals surface area (Å²) in [4.78, 5) is 6.73. The average molecular weight is 207 g/mol. The molecule has 3 heteroatoms. The SMILES string of the molecule is CCC(C)N(CC)Cc1cc(N)ccn1. The summed E-state index contributed by atoms with van der Waals surface area (Å²) in [5.74, 6) is 0. The van der Waals surface area contributed by atoms with Crippen molar-refractivity contribution in [2.75, 3.05) is 12.3 Å². The fourth-order valence-electron chi connectivity index (χ4n) is 1.63. The Morgan fingerprint density at radius 3 is 2.73 bits per heavy atom. The molecule has 0 aliphatic rings. The van der Waals surface area contributed by atoms with Gasteiger partial charge in [-0.15, -0.1) is 0 Å². The van der Waals surface area contributed by atoms with Crippen LogP contribution < -0.4 is 5.73 Å². The number of rotatable bonds is 5. The zero-order valence-electron chi connectivity index (χ0n) is 9.90. The van der Waals surface area contributed by atoms with E-state index in [9.17, 15) is 0 Å². The van der Waals surface area contributed by atoms with Crippen molar-refractivity contribution in [3.05, 3.63) is 24.0 Å². The zero-order chi connectivity index (χ0) is 11.3. The van der Waals surface area contributed by atoms with E-state index in [-0.39, 0.29) is 0 Å². The van der Waals surface area contributed by atoms with E-state index in [1.807, 2.05) is 12.1 Å². The van der Waals surface area contributed by atoms with Crippen LogP contribution in [0.25, 0.3) is 0 Å². The highest BCUT2D eigenvalue weighted by atomic mass is 15.1. The van der Waals surface area contributed by atoms with E-state index < -0.39 is 0 Å². The van der Waals surface area contributed by atoms with Crippen molar-refractivity contribution >= 4 is 5.69 Å². The highest BCUT2D eigenvalue weighted by Gasteiger charge is 2.10. The Bertz CT molecular complexity index is 299. The molecule has 0 amide bonds.